The Kier molecular flexibility index (Phi) is 6.55. The number of carbonyl (C=O) groups is 1. The van der Waals surface area contributed by atoms with Gasteiger partial charge in [-0.15, -0.1) is 0 Å². The third-order valence-corrected chi connectivity index (χ3v) is 4.48. The summed E-state index contributed by atoms with van der Waals surface area (Å²) < 4.78 is 5.08. The van der Waals surface area contributed by atoms with Gasteiger partial charge in [0.25, 0.3) is 5.91 Å². The first kappa shape index (κ1) is 18.3. The first-order valence-corrected chi connectivity index (χ1v) is 9.24. The number of aromatic nitrogens is 2. The molecule has 2 aromatic rings. The Morgan fingerprint density at radius 3 is 2.54 bits per heavy atom. The molecular weight excluding hydrogens is 328 g/mol. The van der Waals surface area contributed by atoms with Crippen LogP contribution in [0, 0.1) is 0 Å². The third kappa shape index (κ3) is 4.79. The van der Waals surface area contributed by atoms with Crippen molar-refractivity contribution in [2.45, 2.75) is 25.7 Å². The van der Waals surface area contributed by atoms with Gasteiger partial charge in [-0.1, -0.05) is 43.2 Å². The van der Waals surface area contributed by atoms with Crippen LogP contribution in [0.2, 0.25) is 0 Å². The predicted molar refractivity (Wildman–Crippen MR) is 102 cm³/mol. The average Bonchev–Trinajstić information content (AvgIpc) is 2.97. The molecule has 0 saturated carbocycles. The van der Waals surface area contributed by atoms with Crippen LogP contribution in [0.15, 0.2) is 36.4 Å². The van der Waals surface area contributed by atoms with Crippen molar-refractivity contribution in [2.75, 3.05) is 38.7 Å². The molecule has 0 spiro atoms. The molecule has 6 nitrogen and oxygen atoms in total. The van der Waals surface area contributed by atoms with Gasteiger partial charge in [0.2, 0.25) is 0 Å². The second-order valence-corrected chi connectivity index (χ2v) is 6.45. The standard InChI is InChI=1S/C20H26N4O2/c1-26-14-11-21-18-15-17(20(25)24-12-7-2-3-8-13-24)22-19(23-18)16-9-5-4-6-10-16/h4-6,9-10,15H,2-3,7-8,11-14H2,1H3,(H,21,22,23). The van der Waals surface area contributed by atoms with Crippen molar-refractivity contribution >= 4 is 11.7 Å². The molecule has 3 rings (SSSR count). The highest BCUT2D eigenvalue weighted by molar-refractivity contribution is 5.93. The lowest BCUT2D eigenvalue weighted by Crippen LogP contribution is -2.32. The number of likely N-dealkylation sites (tertiary alicyclic amines) is 1. The minimum absolute atomic E-state index is 0.0127. The molecule has 0 unspecified atom stereocenters. The van der Waals surface area contributed by atoms with E-state index < -0.39 is 0 Å². The Bertz CT molecular complexity index is 713. The number of amides is 1. The van der Waals surface area contributed by atoms with E-state index in [0.717, 1.165) is 31.5 Å². The maximum absolute atomic E-state index is 13.0. The van der Waals surface area contributed by atoms with Crippen molar-refractivity contribution in [3.8, 4) is 11.4 Å². The normalized spacial score (nSPS) is 14.7. The van der Waals surface area contributed by atoms with Crippen molar-refractivity contribution in [1.29, 1.82) is 0 Å². The highest BCUT2D eigenvalue weighted by atomic mass is 16.5. The zero-order chi connectivity index (χ0) is 18.2. The SMILES string of the molecule is COCCNc1cc(C(=O)N2CCCCCC2)nc(-c2ccccc2)n1. The quantitative estimate of drug-likeness (QED) is 0.807. The van der Waals surface area contributed by atoms with Crippen molar-refractivity contribution in [3.63, 3.8) is 0 Å². The van der Waals surface area contributed by atoms with E-state index in [2.05, 4.69) is 15.3 Å². The zero-order valence-electron chi connectivity index (χ0n) is 15.3. The highest BCUT2D eigenvalue weighted by Gasteiger charge is 2.20. The smallest absolute Gasteiger partial charge is 0.272 e. The monoisotopic (exact) mass is 354 g/mol. The summed E-state index contributed by atoms with van der Waals surface area (Å²) in [7, 11) is 1.66. The number of ether oxygens (including phenoxy) is 1. The van der Waals surface area contributed by atoms with Gasteiger partial charge in [-0.3, -0.25) is 4.79 Å². The van der Waals surface area contributed by atoms with E-state index in [1.165, 1.54) is 12.8 Å². The van der Waals surface area contributed by atoms with E-state index in [4.69, 9.17) is 4.74 Å². The van der Waals surface area contributed by atoms with Crippen molar-refractivity contribution in [3.05, 3.63) is 42.1 Å². The summed E-state index contributed by atoms with van der Waals surface area (Å²) in [4.78, 5) is 24.1. The Balaban J connectivity index is 1.89. The Morgan fingerprint density at radius 2 is 1.85 bits per heavy atom. The summed E-state index contributed by atoms with van der Waals surface area (Å²) in [6.07, 6.45) is 4.49. The summed E-state index contributed by atoms with van der Waals surface area (Å²) in [5, 5.41) is 3.22. The van der Waals surface area contributed by atoms with Gasteiger partial charge >= 0.3 is 0 Å². The number of carbonyl (C=O) groups excluding carboxylic acids is 1. The van der Waals surface area contributed by atoms with Crippen molar-refractivity contribution < 1.29 is 9.53 Å². The Morgan fingerprint density at radius 1 is 1.12 bits per heavy atom. The molecule has 26 heavy (non-hydrogen) atoms. The van der Waals surface area contributed by atoms with Gasteiger partial charge in [0, 0.05) is 38.4 Å². The number of anilines is 1. The number of hydrogen-bond donors (Lipinski definition) is 1. The van der Waals surface area contributed by atoms with Gasteiger partial charge in [-0.25, -0.2) is 9.97 Å². The second kappa shape index (κ2) is 9.29. The molecule has 0 bridgehead atoms. The lowest BCUT2D eigenvalue weighted by atomic mass is 10.2. The highest BCUT2D eigenvalue weighted by Crippen LogP contribution is 2.20. The number of benzene rings is 1. The third-order valence-electron chi connectivity index (χ3n) is 4.48. The van der Waals surface area contributed by atoms with Gasteiger partial charge in [0.1, 0.15) is 11.5 Å². The maximum Gasteiger partial charge on any atom is 0.272 e. The predicted octanol–water partition coefficient (Wildman–Crippen LogP) is 3.22. The number of rotatable bonds is 6. The molecule has 1 saturated heterocycles. The van der Waals surface area contributed by atoms with Crippen LogP contribution in [-0.4, -0.2) is 54.1 Å². The van der Waals surface area contributed by atoms with Gasteiger partial charge < -0.3 is 15.0 Å². The van der Waals surface area contributed by atoms with Gasteiger partial charge in [0.05, 0.1) is 6.61 Å². The van der Waals surface area contributed by atoms with Crippen LogP contribution in [0.1, 0.15) is 36.2 Å². The summed E-state index contributed by atoms with van der Waals surface area (Å²) in [6, 6.07) is 11.5. The first-order valence-electron chi connectivity index (χ1n) is 9.24. The minimum Gasteiger partial charge on any atom is -0.383 e. The fourth-order valence-electron chi connectivity index (χ4n) is 3.08. The summed E-state index contributed by atoms with van der Waals surface area (Å²) in [5.74, 6) is 1.20. The van der Waals surface area contributed by atoms with Crippen LogP contribution in [0.3, 0.4) is 0 Å². The van der Waals surface area contributed by atoms with Crippen LogP contribution in [0.5, 0.6) is 0 Å². The van der Waals surface area contributed by atoms with E-state index in [-0.39, 0.29) is 5.91 Å². The zero-order valence-corrected chi connectivity index (χ0v) is 15.3. The van der Waals surface area contributed by atoms with Crippen LogP contribution in [-0.2, 0) is 4.74 Å². The Labute approximate surface area is 154 Å². The summed E-state index contributed by atoms with van der Waals surface area (Å²) >= 11 is 0. The molecule has 1 amide bonds. The van der Waals surface area contributed by atoms with E-state index in [1.54, 1.807) is 13.2 Å². The van der Waals surface area contributed by atoms with E-state index >= 15 is 0 Å². The summed E-state index contributed by atoms with van der Waals surface area (Å²) in [6.45, 7) is 2.80. The fourth-order valence-corrected chi connectivity index (χ4v) is 3.08. The molecule has 0 atom stereocenters. The molecule has 1 aromatic carbocycles. The molecule has 2 heterocycles. The number of nitrogens with zero attached hydrogens (tertiary/aromatic N) is 3. The first-order chi connectivity index (χ1) is 12.8. The topological polar surface area (TPSA) is 67.3 Å². The molecule has 0 radical (unpaired) electrons. The molecule has 0 aliphatic carbocycles. The molecule has 1 aliphatic heterocycles. The van der Waals surface area contributed by atoms with E-state index in [1.807, 2.05) is 35.2 Å². The maximum atomic E-state index is 13.0. The van der Waals surface area contributed by atoms with Gasteiger partial charge in [0.15, 0.2) is 5.82 Å². The molecule has 1 aliphatic rings. The molecule has 6 heteroatoms. The van der Waals surface area contributed by atoms with Gasteiger partial charge in [-0.2, -0.15) is 0 Å². The average molecular weight is 354 g/mol. The van der Waals surface area contributed by atoms with Crippen molar-refractivity contribution in [2.24, 2.45) is 0 Å². The molecule has 1 fully saturated rings. The number of hydrogen-bond acceptors (Lipinski definition) is 5. The minimum atomic E-state index is -0.0127. The van der Waals surface area contributed by atoms with Crippen LogP contribution >= 0.6 is 0 Å². The lowest BCUT2D eigenvalue weighted by molar-refractivity contribution is 0.0756. The lowest BCUT2D eigenvalue weighted by Gasteiger charge is -2.20. The number of methoxy groups -OCH3 is 1. The molecule has 138 valence electrons. The van der Waals surface area contributed by atoms with Crippen LogP contribution in [0.25, 0.3) is 11.4 Å². The molecule has 1 N–H and O–H groups in total. The largest absolute Gasteiger partial charge is 0.383 e. The van der Waals surface area contributed by atoms with Gasteiger partial charge in [-0.05, 0) is 12.8 Å². The van der Waals surface area contributed by atoms with Crippen molar-refractivity contribution in [1.82, 2.24) is 14.9 Å². The Hall–Kier alpha value is -2.47. The van der Waals surface area contributed by atoms with E-state index in [0.29, 0.717) is 30.5 Å². The number of nitrogens with one attached hydrogen (secondary N) is 1. The molecule has 1 aromatic heterocycles. The second-order valence-electron chi connectivity index (χ2n) is 6.45. The fraction of sp³-hybridized carbons (Fsp3) is 0.450. The molecular formula is C20H26N4O2. The van der Waals surface area contributed by atoms with Crippen LogP contribution < -0.4 is 5.32 Å². The summed E-state index contributed by atoms with van der Waals surface area (Å²) in [5.41, 5.74) is 1.34. The van der Waals surface area contributed by atoms with Crippen LogP contribution in [0.4, 0.5) is 5.82 Å². The van der Waals surface area contributed by atoms with E-state index in [9.17, 15) is 4.79 Å².